The highest BCUT2D eigenvalue weighted by molar-refractivity contribution is 5.87. The largest absolute Gasteiger partial charge is 0.459 e. The molecule has 1 N–H and O–H groups in total. The first kappa shape index (κ1) is 12.9. The summed E-state index contributed by atoms with van der Waals surface area (Å²) in [7, 11) is 1.95. The van der Waals surface area contributed by atoms with Crippen LogP contribution in [0.15, 0.2) is 52.9 Å². The van der Waals surface area contributed by atoms with Crippen LogP contribution in [0.3, 0.4) is 0 Å². The molecule has 0 aliphatic rings. The van der Waals surface area contributed by atoms with Crippen LogP contribution in [0.2, 0.25) is 0 Å². The van der Waals surface area contributed by atoms with Crippen LogP contribution >= 0.6 is 0 Å². The Kier molecular flexibility index (Phi) is 3.33. The Hall–Kier alpha value is -2.06. The van der Waals surface area contributed by atoms with E-state index in [0.29, 0.717) is 0 Å². The molecule has 1 atom stereocenters. The zero-order chi connectivity index (χ0) is 14.1. The lowest BCUT2D eigenvalue weighted by atomic mass is 10.0. The summed E-state index contributed by atoms with van der Waals surface area (Å²) in [6, 6.07) is 17.1. The van der Waals surface area contributed by atoms with Gasteiger partial charge < -0.3 is 9.73 Å². The molecule has 0 saturated heterocycles. The fourth-order valence-corrected chi connectivity index (χ4v) is 2.59. The molecule has 0 bridgehead atoms. The predicted octanol–water partition coefficient (Wildman–Crippen LogP) is 4.69. The maximum absolute atomic E-state index is 5.98. The summed E-state index contributed by atoms with van der Waals surface area (Å²) >= 11 is 0. The molecule has 0 radical (unpaired) electrons. The molecule has 3 rings (SSSR count). The summed E-state index contributed by atoms with van der Waals surface area (Å²) in [6.45, 7) is 4.24. The van der Waals surface area contributed by atoms with Crippen LogP contribution in [0.5, 0.6) is 0 Å². The van der Waals surface area contributed by atoms with Gasteiger partial charge >= 0.3 is 0 Å². The van der Waals surface area contributed by atoms with Crippen LogP contribution in [0, 0.1) is 6.92 Å². The lowest BCUT2D eigenvalue weighted by molar-refractivity contribution is 0.471. The number of nitrogens with one attached hydrogen (secondary N) is 1. The Bertz CT molecular complexity index is 728. The van der Waals surface area contributed by atoms with Crippen LogP contribution in [0.25, 0.3) is 22.1 Å². The average molecular weight is 265 g/mol. The molecule has 3 aromatic rings. The molecule has 0 aliphatic carbocycles. The minimum Gasteiger partial charge on any atom is -0.459 e. The fourth-order valence-electron chi connectivity index (χ4n) is 2.59. The molecule has 102 valence electrons. The molecule has 20 heavy (non-hydrogen) atoms. The highest BCUT2D eigenvalue weighted by Crippen LogP contribution is 2.32. The molecule has 1 aromatic heterocycles. The Morgan fingerprint density at radius 3 is 2.45 bits per heavy atom. The van der Waals surface area contributed by atoms with Gasteiger partial charge in [0.15, 0.2) is 0 Å². The van der Waals surface area contributed by atoms with E-state index in [0.717, 1.165) is 11.3 Å². The van der Waals surface area contributed by atoms with Gasteiger partial charge in [-0.05, 0) is 49.7 Å². The summed E-state index contributed by atoms with van der Waals surface area (Å²) in [6.07, 6.45) is 0. The number of fused-ring (bicyclic) bond motifs is 1. The van der Waals surface area contributed by atoms with Crippen molar-refractivity contribution in [3.63, 3.8) is 0 Å². The quantitative estimate of drug-likeness (QED) is 0.743. The second-order valence-electron chi connectivity index (χ2n) is 5.18. The second-order valence-corrected chi connectivity index (χ2v) is 5.18. The number of hydrogen-bond donors (Lipinski definition) is 1. The van der Waals surface area contributed by atoms with E-state index < -0.39 is 0 Å². The van der Waals surface area contributed by atoms with E-state index in [1.807, 2.05) is 13.1 Å². The van der Waals surface area contributed by atoms with Crippen molar-refractivity contribution in [2.45, 2.75) is 19.9 Å². The van der Waals surface area contributed by atoms with Crippen LogP contribution in [-0.2, 0) is 0 Å². The monoisotopic (exact) mass is 265 g/mol. The lowest BCUT2D eigenvalue weighted by Gasteiger charge is -2.06. The Morgan fingerprint density at radius 2 is 1.75 bits per heavy atom. The third-order valence-corrected chi connectivity index (χ3v) is 3.91. The van der Waals surface area contributed by atoms with Crippen LogP contribution in [-0.4, -0.2) is 7.05 Å². The number of benzene rings is 2. The number of aryl methyl sites for hydroxylation is 1. The van der Waals surface area contributed by atoms with E-state index in [9.17, 15) is 0 Å². The third kappa shape index (κ3) is 2.12. The Labute approximate surface area is 119 Å². The molecule has 0 aliphatic heterocycles. The van der Waals surface area contributed by atoms with Gasteiger partial charge in [-0.1, -0.05) is 36.4 Å². The molecule has 1 unspecified atom stereocenters. The van der Waals surface area contributed by atoms with Gasteiger partial charge in [-0.2, -0.15) is 0 Å². The van der Waals surface area contributed by atoms with Crippen LogP contribution in [0.1, 0.15) is 24.3 Å². The van der Waals surface area contributed by atoms with Gasteiger partial charge in [0.2, 0.25) is 0 Å². The number of hydrogen-bond acceptors (Lipinski definition) is 2. The normalized spacial score (nSPS) is 12.8. The maximum Gasteiger partial charge on any atom is 0.134 e. The van der Waals surface area contributed by atoms with Gasteiger partial charge in [0.1, 0.15) is 11.3 Å². The summed E-state index contributed by atoms with van der Waals surface area (Å²) in [4.78, 5) is 0. The molecule has 0 spiro atoms. The summed E-state index contributed by atoms with van der Waals surface area (Å²) in [5.41, 5.74) is 4.64. The van der Waals surface area contributed by atoms with Crippen molar-refractivity contribution < 1.29 is 4.42 Å². The standard InChI is InChI=1S/C18H19NO/c1-12-16-11-15(14-7-5-4-6-8-14)9-10-17(16)20-18(12)13(2)19-3/h4-11,13,19H,1-3H3. The molecule has 2 heteroatoms. The van der Waals surface area contributed by atoms with Crippen molar-refractivity contribution in [2.24, 2.45) is 0 Å². The van der Waals surface area contributed by atoms with Crippen molar-refractivity contribution in [2.75, 3.05) is 7.05 Å². The summed E-state index contributed by atoms with van der Waals surface area (Å²) in [5, 5.41) is 4.43. The minimum absolute atomic E-state index is 0.225. The van der Waals surface area contributed by atoms with Gasteiger partial charge in [0, 0.05) is 5.39 Å². The van der Waals surface area contributed by atoms with Crippen molar-refractivity contribution >= 4 is 11.0 Å². The molecule has 1 heterocycles. The van der Waals surface area contributed by atoms with E-state index >= 15 is 0 Å². The molecule has 0 fully saturated rings. The second kappa shape index (κ2) is 5.14. The first-order valence-electron chi connectivity index (χ1n) is 6.96. The van der Waals surface area contributed by atoms with E-state index in [2.05, 4.69) is 61.6 Å². The Balaban J connectivity index is 2.14. The highest BCUT2D eigenvalue weighted by atomic mass is 16.3. The average Bonchev–Trinajstić information content (AvgIpc) is 2.84. The van der Waals surface area contributed by atoms with Crippen molar-refractivity contribution in [1.82, 2.24) is 5.32 Å². The maximum atomic E-state index is 5.98. The zero-order valence-electron chi connectivity index (χ0n) is 12.1. The molecule has 0 saturated carbocycles. The smallest absolute Gasteiger partial charge is 0.134 e. The molecule has 0 amide bonds. The van der Waals surface area contributed by atoms with Crippen molar-refractivity contribution in [3.8, 4) is 11.1 Å². The van der Waals surface area contributed by atoms with Crippen molar-refractivity contribution in [1.29, 1.82) is 0 Å². The van der Waals surface area contributed by atoms with E-state index in [1.165, 1.54) is 22.1 Å². The Morgan fingerprint density at radius 1 is 1.00 bits per heavy atom. The topological polar surface area (TPSA) is 25.2 Å². The van der Waals surface area contributed by atoms with Crippen molar-refractivity contribution in [3.05, 3.63) is 59.9 Å². The molecular formula is C18H19NO. The minimum atomic E-state index is 0.225. The highest BCUT2D eigenvalue weighted by Gasteiger charge is 2.15. The first-order chi connectivity index (χ1) is 9.70. The molecular weight excluding hydrogens is 246 g/mol. The van der Waals surface area contributed by atoms with Crippen LogP contribution in [0.4, 0.5) is 0 Å². The molecule has 2 nitrogen and oxygen atoms in total. The SMILES string of the molecule is CNC(C)c1oc2ccc(-c3ccccc3)cc2c1C. The van der Waals surface area contributed by atoms with E-state index in [1.54, 1.807) is 0 Å². The summed E-state index contributed by atoms with van der Waals surface area (Å²) < 4.78 is 5.98. The van der Waals surface area contributed by atoms with E-state index in [4.69, 9.17) is 4.42 Å². The van der Waals surface area contributed by atoms with E-state index in [-0.39, 0.29) is 6.04 Å². The van der Waals surface area contributed by atoms with Gasteiger partial charge in [-0.15, -0.1) is 0 Å². The van der Waals surface area contributed by atoms with Gasteiger partial charge in [0.25, 0.3) is 0 Å². The third-order valence-electron chi connectivity index (χ3n) is 3.91. The molecule has 2 aromatic carbocycles. The first-order valence-corrected chi connectivity index (χ1v) is 6.96. The number of furan rings is 1. The van der Waals surface area contributed by atoms with Gasteiger partial charge in [0.05, 0.1) is 6.04 Å². The zero-order valence-corrected chi connectivity index (χ0v) is 12.1. The fraction of sp³-hybridized carbons (Fsp3) is 0.222. The lowest BCUT2D eigenvalue weighted by Crippen LogP contribution is -2.12. The van der Waals surface area contributed by atoms with Gasteiger partial charge in [-0.25, -0.2) is 0 Å². The van der Waals surface area contributed by atoms with Crippen LogP contribution < -0.4 is 5.32 Å². The number of rotatable bonds is 3. The predicted molar refractivity (Wildman–Crippen MR) is 83.9 cm³/mol. The van der Waals surface area contributed by atoms with Gasteiger partial charge in [-0.3, -0.25) is 0 Å². The summed E-state index contributed by atoms with van der Waals surface area (Å²) in [5.74, 6) is 1.02.